The first kappa shape index (κ1) is 18.3. The van der Waals surface area contributed by atoms with E-state index in [1.807, 2.05) is 43.0 Å². The maximum Gasteiger partial charge on any atom is 0.321 e. The summed E-state index contributed by atoms with van der Waals surface area (Å²) in [6, 6.07) is 7.76. The van der Waals surface area contributed by atoms with Crippen LogP contribution in [-0.2, 0) is 11.2 Å². The average molecular weight is 331 g/mol. The van der Waals surface area contributed by atoms with Gasteiger partial charge < -0.3 is 15.1 Å². The average Bonchev–Trinajstić information content (AvgIpc) is 2.63. The van der Waals surface area contributed by atoms with Crippen molar-refractivity contribution in [3.05, 3.63) is 29.8 Å². The summed E-state index contributed by atoms with van der Waals surface area (Å²) in [5, 5.41) is 3.01. The van der Waals surface area contributed by atoms with Crippen molar-refractivity contribution >= 4 is 17.6 Å². The quantitative estimate of drug-likeness (QED) is 0.899. The van der Waals surface area contributed by atoms with Crippen LogP contribution in [0, 0.1) is 5.92 Å². The van der Waals surface area contributed by atoms with E-state index in [2.05, 4.69) is 12.2 Å². The van der Waals surface area contributed by atoms with Crippen LogP contribution in [0.3, 0.4) is 0 Å². The summed E-state index contributed by atoms with van der Waals surface area (Å²) in [5.41, 5.74) is 1.99. The van der Waals surface area contributed by atoms with Crippen LogP contribution in [0.4, 0.5) is 10.5 Å². The Morgan fingerprint density at radius 1 is 1.21 bits per heavy atom. The number of piperidine rings is 1. The number of benzene rings is 1. The molecule has 5 heteroatoms. The molecule has 1 saturated heterocycles. The first-order valence-corrected chi connectivity index (χ1v) is 9.03. The molecule has 0 spiro atoms. The lowest BCUT2D eigenvalue weighted by atomic mass is 9.96. The molecule has 3 amide bonds. The normalized spacial score (nSPS) is 17.5. The molecule has 0 bridgehead atoms. The van der Waals surface area contributed by atoms with Crippen LogP contribution in [-0.4, -0.2) is 47.9 Å². The van der Waals surface area contributed by atoms with Crippen LogP contribution in [0.2, 0.25) is 0 Å². The van der Waals surface area contributed by atoms with E-state index in [0.717, 1.165) is 43.6 Å². The number of anilines is 1. The molecule has 0 aromatic heterocycles. The molecular weight excluding hydrogens is 302 g/mol. The number of aryl methyl sites for hydroxylation is 1. The second-order valence-electron chi connectivity index (χ2n) is 6.24. The van der Waals surface area contributed by atoms with Gasteiger partial charge in [-0.25, -0.2) is 4.79 Å². The molecule has 1 unspecified atom stereocenters. The lowest BCUT2D eigenvalue weighted by Gasteiger charge is -2.34. The zero-order valence-electron chi connectivity index (χ0n) is 15.0. The number of carbonyl (C=O) groups excluding carboxylic acids is 2. The van der Waals surface area contributed by atoms with Gasteiger partial charge in [0.15, 0.2) is 0 Å². The van der Waals surface area contributed by atoms with E-state index in [1.165, 1.54) is 0 Å². The third-order valence-corrected chi connectivity index (χ3v) is 4.77. The van der Waals surface area contributed by atoms with Crippen molar-refractivity contribution < 1.29 is 9.59 Å². The Bertz CT molecular complexity index is 569. The Morgan fingerprint density at radius 3 is 2.58 bits per heavy atom. The van der Waals surface area contributed by atoms with Gasteiger partial charge in [-0.05, 0) is 44.7 Å². The Kier molecular flexibility index (Phi) is 6.64. The van der Waals surface area contributed by atoms with E-state index in [4.69, 9.17) is 0 Å². The van der Waals surface area contributed by atoms with Crippen molar-refractivity contribution in [1.82, 2.24) is 9.80 Å². The number of carbonyl (C=O) groups is 2. The Balaban J connectivity index is 2.01. The molecule has 1 aliphatic rings. The summed E-state index contributed by atoms with van der Waals surface area (Å²) in [4.78, 5) is 28.8. The van der Waals surface area contributed by atoms with Gasteiger partial charge in [0, 0.05) is 31.9 Å². The number of urea groups is 1. The molecule has 1 fully saturated rings. The van der Waals surface area contributed by atoms with E-state index < -0.39 is 0 Å². The summed E-state index contributed by atoms with van der Waals surface area (Å²) in [6.45, 7) is 8.73. The molecule has 1 aliphatic heterocycles. The molecule has 132 valence electrons. The molecule has 5 nitrogen and oxygen atoms in total. The fourth-order valence-electron chi connectivity index (χ4n) is 3.30. The number of para-hydroxylation sites is 1. The van der Waals surface area contributed by atoms with Gasteiger partial charge in [0.25, 0.3) is 0 Å². The Labute approximate surface area is 145 Å². The standard InChI is InChI=1S/C19H29N3O2/c1-4-15-10-7-8-12-17(15)20-19(24)22-13-9-11-16(14-22)18(23)21(5-2)6-3/h7-8,10,12,16H,4-6,9,11,13-14H2,1-3H3,(H,20,24). The summed E-state index contributed by atoms with van der Waals surface area (Å²) in [5.74, 6) is 0.0947. The van der Waals surface area contributed by atoms with Gasteiger partial charge in [-0.2, -0.15) is 0 Å². The smallest absolute Gasteiger partial charge is 0.321 e. The van der Waals surface area contributed by atoms with Gasteiger partial charge >= 0.3 is 6.03 Å². The first-order valence-electron chi connectivity index (χ1n) is 9.03. The van der Waals surface area contributed by atoms with Crippen molar-refractivity contribution in [2.45, 2.75) is 40.0 Å². The molecule has 2 rings (SSSR count). The minimum absolute atomic E-state index is 0.0779. The second-order valence-corrected chi connectivity index (χ2v) is 6.24. The molecule has 0 aliphatic carbocycles. The summed E-state index contributed by atoms with van der Waals surface area (Å²) < 4.78 is 0. The maximum absolute atomic E-state index is 12.6. The maximum atomic E-state index is 12.6. The molecule has 0 radical (unpaired) electrons. The Morgan fingerprint density at radius 2 is 1.92 bits per heavy atom. The lowest BCUT2D eigenvalue weighted by molar-refractivity contribution is -0.136. The van der Waals surface area contributed by atoms with E-state index in [0.29, 0.717) is 13.1 Å². The van der Waals surface area contributed by atoms with Crippen LogP contribution in [0.5, 0.6) is 0 Å². The molecule has 1 aromatic rings. The highest BCUT2D eigenvalue weighted by Crippen LogP contribution is 2.21. The SMILES string of the molecule is CCc1ccccc1NC(=O)N1CCCC(C(=O)N(CC)CC)C1. The summed E-state index contributed by atoms with van der Waals surface area (Å²) in [6.07, 6.45) is 2.62. The van der Waals surface area contributed by atoms with Crippen molar-refractivity contribution in [2.75, 3.05) is 31.5 Å². The highest BCUT2D eigenvalue weighted by Gasteiger charge is 2.30. The molecule has 24 heavy (non-hydrogen) atoms. The van der Waals surface area contributed by atoms with Crippen molar-refractivity contribution in [2.24, 2.45) is 5.92 Å². The van der Waals surface area contributed by atoms with Crippen LogP contribution in [0.15, 0.2) is 24.3 Å². The number of hydrogen-bond donors (Lipinski definition) is 1. The number of nitrogens with zero attached hydrogens (tertiary/aromatic N) is 2. The molecule has 1 aromatic carbocycles. The van der Waals surface area contributed by atoms with Crippen LogP contribution >= 0.6 is 0 Å². The predicted molar refractivity (Wildman–Crippen MR) is 97.1 cm³/mol. The van der Waals surface area contributed by atoms with E-state index in [9.17, 15) is 9.59 Å². The zero-order chi connectivity index (χ0) is 17.5. The topological polar surface area (TPSA) is 52.7 Å². The fourth-order valence-corrected chi connectivity index (χ4v) is 3.30. The van der Waals surface area contributed by atoms with E-state index in [-0.39, 0.29) is 17.9 Å². The second kappa shape index (κ2) is 8.71. The fraction of sp³-hybridized carbons (Fsp3) is 0.579. The molecule has 0 saturated carbocycles. The number of hydrogen-bond acceptors (Lipinski definition) is 2. The number of amides is 3. The third-order valence-electron chi connectivity index (χ3n) is 4.77. The van der Waals surface area contributed by atoms with Gasteiger partial charge in [0.2, 0.25) is 5.91 Å². The minimum Gasteiger partial charge on any atom is -0.343 e. The van der Waals surface area contributed by atoms with Gasteiger partial charge in [-0.3, -0.25) is 4.79 Å². The van der Waals surface area contributed by atoms with Gasteiger partial charge in [0.1, 0.15) is 0 Å². The van der Waals surface area contributed by atoms with Gasteiger partial charge in [-0.15, -0.1) is 0 Å². The summed E-state index contributed by atoms with van der Waals surface area (Å²) in [7, 11) is 0. The van der Waals surface area contributed by atoms with Crippen molar-refractivity contribution in [1.29, 1.82) is 0 Å². The van der Waals surface area contributed by atoms with Crippen molar-refractivity contribution in [3.8, 4) is 0 Å². The number of nitrogens with one attached hydrogen (secondary N) is 1. The van der Waals surface area contributed by atoms with E-state index in [1.54, 1.807) is 4.90 Å². The van der Waals surface area contributed by atoms with E-state index >= 15 is 0 Å². The molecule has 1 heterocycles. The number of rotatable bonds is 5. The number of likely N-dealkylation sites (tertiary alicyclic amines) is 1. The molecule has 1 atom stereocenters. The molecular formula is C19H29N3O2. The van der Waals surface area contributed by atoms with Crippen molar-refractivity contribution in [3.63, 3.8) is 0 Å². The van der Waals surface area contributed by atoms with Gasteiger partial charge in [-0.1, -0.05) is 25.1 Å². The van der Waals surface area contributed by atoms with Gasteiger partial charge in [0.05, 0.1) is 5.92 Å². The van der Waals surface area contributed by atoms with Crippen LogP contribution in [0.25, 0.3) is 0 Å². The largest absolute Gasteiger partial charge is 0.343 e. The van der Waals surface area contributed by atoms with Crippen LogP contribution < -0.4 is 5.32 Å². The Hall–Kier alpha value is -2.04. The highest BCUT2D eigenvalue weighted by molar-refractivity contribution is 5.91. The third kappa shape index (κ3) is 4.28. The molecule has 1 N–H and O–H groups in total. The predicted octanol–water partition coefficient (Wildman–Crippen LogP) is 3.36. The van der Waals surface area contributed by atoms with Crippen LogP contribution in [0.1, 0.15) is 39.2 Å². The zero-order valence-corrected chi connectivity index (χ0v) is 15.0. The first-order chi connectivity index (χ1) is 11.6. The lowest BCUT2D eigenvalue weighted by Crippen LogP contribution is -2.48. The summed E-state index contributed by atoms with van der Waals surface area (Å²) >= 11 is 0. The highest BCUT2D eigenvalue weighted by atomic mass is 16.2. The minimum atomic E-state index is -0.104. The monoisotopic (exact) mass is 331 g/mol.